The second-order valence-corrected chi connectivity index (χ2v) is 9.11. The van der Waals surface area contributed by atoms with Gasteiger partial charge in [-0.15, -0.1) is 0 Å². The molecule has 0 aliphatic carbocycles. The Morgan fingerprint density at radius 3 is 2.15 bits per heavy atom. The Bertz CT molecular complexity index is 635. The Labute approximate surface area is 166 Å². The molecule has 0 spiro atoms. The number of hydrogen-bond donors (Lipinski definition) is 2. The first-order valence-electron chi connectivity index (χ1n) is 8.51. The van der Waals surface area contributed by atoms with Gasteiger partial charge in [-0.3, -0.25) is 9.00 Å². The quantitative estimate of drug-likeness (QED) is 0.641. The van der Waals surface area contributed by atoms with Gasteiger partial charge in [0, 0.05) is 21.2 Å². The minimum Gasteiger partial charge on any atom is -0.447 e. The third kappa shape index (κ3) is 7.86. The van der Waals surface area contributed by atoms with Crippen molar-refractivity contribution in [3.05, 3.63) is 28.7 Å². The average Bonchev–Trinajstić information content (AvgIpc) is 2.51. The van der Waals surface area contributed by atoms with Gasteiger partial charge < -0.3 is 15.4 Å². The largest absolute Gasteiger partial charge is 0.447 e. The maximum atomic E-state index is 12.5. The predicted octanol–water partition coefficient (Wildman–Crippen LogP) is 3.22. The van der Waals surface area contributed by atoms with Crippen LogP contribution in [0.1, 0.15) is 34.6 Å². The second-order valence-electron chi connectivity index (χ2n) is 6.70. The van der Waals surface area contributed by atoms with Crippen molar-refractivity contribution in [1.29, 1.82) is 0 Å². The molecule has 1 rings (SSSR count). The molecule has 0 aliphatic rings. The van der Waals surface area contributed by atoms with Gasteiger partial charge in [0.15, 0.2) is 0 Å². The van der Waals surface area contributed by atoms with Crippen LogP contribution < -0.4 is 10.6 Å². The van der Waals surface area contributed by atoms with Crippen LogP contribution in [0.5, 0.6) is 0 Å². The molecule has 0 saturated carbocycles. The van der Waals surface area contributed by atoms with E-state index in [9.17, 15) is 13.8 Å². The summed E-state index contributed by atoms with van der Waals surface area (Å²) < 4.78 is 18.4. The summed E-state index contributed by atoms with van der Waals surface area (Å²) in [4.78, 5) is 25.0. The van der Waals surface area contributed by atoms with E-state index in [0.717, 1.165) is 4.47 Å². The minimum absolute atomic E-state index is 0.112. The van der Waals surface area contributed by atoms with E-state index in [1.165, 1.54) is 0 Å². The van der Waals surface area contributed by atoms with Crippen LogP contribution in [0.4, 0.5) is 4.79 Å². The summed E-state index contributed by atoms with van der Waals surface area (Å²) in [5, 5.41) is 5.41. The fourth-order valence-corrected chi connectivity index (χ4v) is 3.63. The Hall–Kier alpha value is -1.41. The van der Waals surface area contributed by atoms with E-state index in [4.69, 9.17) is 4.74 Å². The second kappa shape index (κ2) is 10.7. The van der Waals surface area contributed by atoms with Crippen LogP contribution in [0.3, 0.4) is 0 Å². The number of hydrogen-bond acceptors (Lipinski definition) is 4. The smallest absolute Gasteiger partial charge is 0.408 e. The topological polar surface area (TPSA) is 84.5 Å². The number of ether oxygens (including phenoxy) is 1. The van der Waals surface area contributed by atoms with Crippen LogP contribution in [0.25, 0.3) is 0 Å². The summed E-state index contributed by atoms with van der Waals surface area (Å²) in [6, 6.07) is 6.20. The molecule has 0 fully saturated rings. The number of alkyl carbamates (subject to hydrolysis) is 1. The van der Waals surface area contributed by atoms with Crippen molar-refractivity contribution in [3.8, 4) is 0 Å². The SMILES string of the molecule is CC(CS(=O)c1ccc(Br)cc1)NC(=O)C(NC(=O)OC(C)C)C(C)C. The van der Waals surface area contributed by atoms with Gasteiger partial charge in [0.25, 0.3) is 0 Å². The molecule has 8 heteroatoms. The Kier molecular flexibility index (Phi) is 9.29. The summed E-state index contributed by atoms with van der Waals surface area (Å²) >= 11 is 3.34. The number of amides is 2. The molecule has 146 valence electrons. The number of carbonyl (C=O) groups is 2. The van der Waals surface area contributed by atoms with Crippen molar-refractivity contribution >= 4 is 38.7 Å². The lowest BCUT2D eigenvalue weighted by molar-refractivity contribution is -0.124. The van der Waals surface area contributed by atoms with Gasteiger partial charge in [-0.2, -0.15) is 0 Å². The highest BCUT2D eigenvalue weighted by Crippen LogP contribution is 2.14. The van der Waals surface area contributed by atoms with Crippen molar-refractivity contribution in [2.45, 2.75) is 57.7 Å². The summed E-state index contributed by atoms with van der Waals surface area (Å²) in [6.45, 7) is 8.95. The fraction of sp³-hybridized carbons (Fsp3) is 0.556. The zero-order chi connectivity index (χ0) is 19.9. The summed E-state index contributed by atoms with van der Waals surface area (Å²) in [7, 11) is -1.23. The molecule has 0 bridgehead atoms. The molecule has 26 heavy (non-hydrogen) atoms. The Morgan fingerprint density at radius 1 is 1.08 bits per heavy atom. The molecule has 2 amide bonds. The lowest BCUT2D eigenvalue weighted by Gasteiger charge is -2.24. The summed E-state index contributed by atoms with van der Waals surface area (Å²) in [5.74, 6) is -0.144. The van der Waals surface area contributed by atoms with Gasteiger partial charge in [-0.1, -0.05) is 29.8 Å². The Morgan fingerprint density at radius 2 is 1.65 bits per heavy atom. The third-order valence-electron chi connectivity index (χ3n) is 3.43. The zero-order valence-electron chi connectivity index (χ0n) is 15.7. The highest BCUT2D eigenvalue weighted by molar-refractivity contribution is 9.10. The normalized spacial score (nSPS) is 14.6. The highest BCUT2D eigenvalue weighted by atomic mass is 79.9. The molecule has 3 unspecified atom stereocenters. The van der Waals surface area contributed by atoms with Gasteiger partial charge in [0.2, 0.25) is 5.91 Å². The molecule has 2 N–H and O–H groups in total. The number of carbonyl (C=O) groups excluding carboxylic acids is 2. The molecule has 0 heterocycles. The monoisotopic (exact) mass is 446 g/mol. The van der Waals surface area contributed by atoms with Crippen LogP contribution in [0.15, 0.2) is 33.6 Å². The van der Waals surface area contributed by atoms with E-state index in [1.54, 1.807) is 32.9 Å². The van der Waals surface area contributed by atoms with Crippen molar-refractivity contribution < 1.29 is 18.5 Å². The number of rotatable bonds is 8. The van der Waals surface area contributed by atoms with Crippen LogP contribution in [-0.4, -0.2) is 40.1 Å². The molecule has 6 nitrogen and oxygen atoms in total. The van der Waals surface area contributed by atoms with Gasteiger partial charge in [0.1, 0.15) is 6.04 Å². The van der Waals surface area contributed by atoms with E-state index in [2.05, 4.69) is 26.6 Å². The number of nitrogens with one attached hydrogen (secondary N) is 2. The fourth-order valence-electron chi connectivity index (χ4n) is 2.19. The number of halogens is 1. The molecule has 0 aliphatic heterocycles. The molecular weight excluding hydrogens is 420 g/mol. The van der Waals surface area contributed by atoms with Crippen molar-refractivity contribution in [1.82, 2.24) is 10.6 Å². The van der Waals surface area contributed by atoms with Gasteiger partial charge in [0.05, 0.1) is 16.9 Å². The lowest BCUT2D eigenvalue weighted by Crippen LogP contribution is -2.52. The highest BCUT2D eigenvalue weighted by Gasteiger charge is 2.26. The average molecular weight is 447 g/mol. The molecule has 1 aromatic carbocycles. The third-order valence-corrected chi connectivity index (χ3v) is 5.56. The molecule has 1 aromatic rings. The Balaban J connectivity index is 2.62. The molecule has 0 saturated heterocycles. The van der Waals surface area contributed by atoms with E-state index >= 15 is 0 Å². The maximum Gasteiger partial charge on any atom is 0.408 e. The van der Waals surface area contributed by atoms with Crippen LogP contribution in [0, 0.1) is 5.92 Å². The number of benzene rings is 1. The van der Waals surface area contributed by atoms with Gasteiger partial charge >= 0.3 is 6.09 Å². The van der Waals surface area contributed by atoms with Crippen LogP contribution >= 0.6 is 15.9 Å². The standard InChI is InChI=1S/C18H27BrN2O4S/c1-11(2)16(21-18(23)25-12(3)4)17(22)20-13(5)10-26(24)15-8-6-14(19)7-9-15/h6-9,11-13,16H,10H2,1-5H3,(H,20,22)(H,21,23). The summed E-state index contributed by atoms with van der Waals surface area (Å²) in [5.41, 5.74) is 0. The van der Waals surface area contributed by atoms with Gasteiger partial charge in [-0.25, -0.2) is 4.79 Å². The molecule has 3 atom stereocenters. The van der Waals surface area contributed by atoms with E-state index in [1.807, 2.05) is 26.0 Å². The van der Waals surface area contributed by atoms with E-state index in [0.29, 0.717) is 4.90 Å². The van der Waals surface area contributed by atoms with E-state index < -0.39 is 22.9 Å². The van der Waals surface area contributed by atoms with Crippen molar-refractivity contribution in [2.24, 2.45) is 5.92 Å². The van der Waals surface area contributed by atoms with Crippen molar-refractivity contribution in [3.63, 3.8) is 0 Å². The van der Waals surface area contributed by atoms with Crippen LogP contribution in [0.2, 0.25) is 0 Å². The lowest BCUT2D eigenvalue weighted by atomic mass is 10.0. The molecule has 0 radical (unpaired) electrons. The predicted molar refractivity (Wildman–Crippen MR) is 106 cm³/mol. The zero-order valence-corrected chi connectivity index (χ0v) is 18.1. The minimum atomic E-state index is -1.23. The molecular formula is C18H27BrN2O4S. The molecule has 0 aromatic heterocycles. The van der Waals surface area contributed by atoms with E-state index in [-0.39, 0.29) is 29.7 Å². The van der Waals surface area contributed by atoms with Crippen molar-refractivity contribution in [2.75, 3.05) is 5.75 Å². The summed E-state index contributed by atoms with van der Waals surface area (Å²) in [6.07, 6.45) is -0.891. The first kappa shape index (κ1) is 22.6. The first-order chi connectivity index (χ1) is 12.1. The maximum absolute atomic E-state index is 12.5. The first-order valence-corrected chi connectivity index (χ1v) is 10.6. The van der Waals surface area contributed by atoms with Gasteiger partial charge in [-0.05, 0) is 51.0 Å². The van der Waals surface area contributed by atoms with Crippen LogP contribution in [-0.2, 0) is 20.3 Å².